The number of carboxylic acids is 1. The third-order valence-electron chi connectivity index (χ3n) is 2.64. The molecule has 0 spiro atoms. The standard InChI is InChI=1S/C11H7F7O2/c1-5-4-6(2-3-7(5)8(19)20)9(12,10(13,14)15)11(16,17)18/h2-4H,1H3,(H,19,20). The van der Waals surface area contributed by atoms with Gasteiger partial charge in [0.1, 0.15) is 0 Å². The van der Waals surface area contributed by atoms with Crippen molar-refractivity contribution < 1.29 is 40.6 Å². The summed E-state index contributed by atoms with van der Waals surface area (Å²) in [5.74, 6) is -1.54. The van der Waals surface area contributed by atoms with E-state index in [4.69, 9.17) is 5.11 Å². The lowest BCUT2D eigenvalue weighted by Crippen LogP contribution is -2.50. The van der Waals surface area contributed by atoms with Crippen LogP contribution in [0.4, 0.5) is 30.7 Å². The molecule has 0 aliphatic carbocycles. The van der Waals surface area contributed by atoms with Gasteiger partial charge < -0.3 is 5.11 Å². The second kappa shape index (κ2) is 4.64. The van der Waals surface area contributed by atoms with Gasteiger partial charge in [-0.2, -0.15) is 26.3 Å². The van der Waals surface area contributed by atoms with Crippen LogP contribution in [0.3, 0.4) is 0 Å². The Bertz CT molecular complexity index is 517. The maximum absolute atomic E-state index is 13.7. The molecule has 2 nitrogen and oxygen atoms in total. The zero-order valence-corrected chi connectivity index (χ0v) is 9.73. The van der Waals surface area contributed by atoms with Crippen LogP contribution in [0.2, 0.25) is 0 Å². The van der Waals surface area contributed by atoms with Crippen LogP contribution in [0.1, 0.15) is 21.5 Å². The van der Waals surface area contributed by atoms with Gasteiger partial charge >= 0.3 is 24.0 Å². The van der Waals surface area contributed by atoms with E-state index in [0.29, 0.717) is 6.07 Å². The lowest BCUT2D eigenvalue weighted by molar-refractivity contribution is -0.348. The highest BCUT2D eigenvalue weighted by Gasteiger charge is 2.73. The maximum atomic E-state index is 13.7. The summed E-state index contributed by atoms with van der Waals surface area (Å²) < 4.78 is 88.4. The first-order valence-corrected chi connectivity index (χ1v) is 4.99. The summed E-state index contributed by atoms with van der Waals surface area (Å²) in [5, 5.41) is 8.64. The van der Waals surface area contributed by atoms with Gasteiger partial charge in [0.2, 0.25) is 0 Å². The Morgan fingerprint density at radius 3 is 1.75 bits per heavy atom. The molecule has 0 radical (unpaired) electrons. The van der Waals surface area contributed by atoms with E-state index in [1.165, 1.54) is 0 Å². The third kappa shape index (κ3) is 2.44. The van der Waals surface area contributed by atoms with Crippen LogP contribution in [0.5, 0.6) is 0 Å². The van der Waals surface area contributed by atoms with Crippen LogP contribution in [-0.4, -0.2) is 23.4 Å². The minimum Gasteiger partial charge on any atom is -0.478 e. The second-order valence-corrected chi connectivity index (χ2v) is 3.99. The van der Waals surface area contributed by atoms with Gasteiger partial charge in [0.15, 0.2) is 0 Å². The van der Waals surface area contributed by atoms with Crippen LogP contribution < -0.4 is 0 Å². The van der Waals surface area contributed by atoms with Gasteiger partial charge in [0.25, 0.3) is 0 Å². The molecule has 0 atom stereocenters. The maximum Gasteiger partial charge on any atom is 0.435 e. The molecule has 0 saturated carbocycles. The van der Waals surface area contributed by atoms with Crippen molar-refractivity contribution >= 4 is 5.97 Å². The van der Waals surface area contributed by atoms with Crippen molar-refractivity contribution in [1.82, 2.24) is 0 Å². The Morgan fingerprint density at radius 1 is 1.00 bits per heavy atom. The fourth-order valence-corrected chi connectivity index (χ4v) is 1.61. The van der Waals surface area contributed by atoms with E-state index in [2.05, 4.69) is 0 Å². The number of benzene rings is 1. The summed E-state index contributed by atoms with van der Waals surface area (Å²) >= 11 is 0. The number of halogens is 7. The van der Waals surface area contributed by atoms with Crippen molar-refractivity contribution in [3.8, 4) is 0 Å². The molecule has 0 aromatic heterocycles. The molecule has 0 amide bonds. The molecule has 20 heavy (non-hydrogen) atoms. The molecule has 0 unspecified atom stereocenters. The monoisotopic (exact) mass is 304 g/mol. The number of hydrogen-bond acceptors (Lipinski definition) is 1. The highest BCUT2D eigenvalue weighted by Crippen LogP contribution is 2.53. The van der Waals surface area contributed by atoms with E-state index >= 15 is 0 Å². The molecule has 0 aliphatic heterocycles. The topological polar surface area (TPSA) is 37.3 Å². The fraction of sp³-hybridized carbons (Fsp3) is 0.364. The minimum absolute atomic E-state index is 0.164. The van der Waals surface area contributed by atoms with Gasteiger partial charge in [-0.25, -0.2) is 9.18 Å². The highest BCUT2D eigenvalue weighted by atomic mass is 19.4. The Balaban J connectivity index is 3.54. The van der Waals surface area contributed by atoms with E-state index in [9.17, 15) is 35.5 Å². The summed E-state index contributed by atoms with van der Waals surface area (Å²) in [6.45, 7) is 0.972. The van der Waals surface area contributed by atoms with Gasteiger partial charge in [-0.15, -0.1) is 0 Å². The molecule has 1 rings (SSSR count). The number of rotatable bonds is 2. The Kier molecular flexibility index (Phi) is 3.77. The smallest absolute Gasteiger partial charge is 0.435 e. The number of aromatic carboxylic acids is 1. The van der Waals surface area contributed by atoms with Gasteiger partial charge in [0.05, 0.1) is 5.56 Å². The SMILES string of the molecule is Cc1cc(C(F)(C(F)(F)F)C(F)(F)F)ccc1C(=O)O. The molecule has 0 fully saturated rings. The molecule has 0 bridgehead atoms. The number of carboxylic acid groups (broad SMARTS) is 1. The van der Waals surface area contributed by atoms with E-state index < -0.39 is 40.7 Å². The molecule has 9 heteroatoms. The summed E-state index contributed by atoms with van der Waals surface area (Å²) in [4.78, 5) is 10.6. The molecule has 1 aromatic carbocycles. The zero-order chi connectivity index (χ0) is 15.9. The highest BCUT2D eigenvalue weighted by molar-refractivity contribution is 5.89. The summed E-state index contributed by atoms with van der Waals surface area (Å²) in [5.41, 5.74) is -8.19. The average Bonchev–Trinajstić information content (AvgIpc) is 2.24. The van der Waals surface area contributed by atoms with E-state index in [-0.39, 0.29) is 12.1 Å². The predicted octanol–water partition coefficient (Wildman–Crippen LogP) is 3.98. The zero-order valence-electron chi connectivity index (χ0n) is 9.73. The fourth-order valence-electron chi connectivity index (χ4n) is 1.61. The van der Waals surface area contributed by atoms with E-state index in [1.54, 1.807) is 0 Å². The lowest BCUT2D eigenvalue weighted by Gasteiger charge is -2.30. The first-order valence-electron chi connectivity index (χ1n) is 4.99. The predicted molar refractivity (Wildman–Crippen MR) is 53.0 cm³/mol. The van der Waals surface area contributed by atoms with Crippen molar-refractivity contribution in [1.29, 1.82) is 0 Å². The van der Waals surface area contributed by atoms with Gasteiger partial charge in [0, 0.05) is 5.56 Å². The summed E-state index contributed by atoms with van der Waals surface area (Å²) in [6, 6.07) is 0.890. The Hall–Kier alpha value is -1.80. The normalized spacial score (nSPS) is 13.4. The molecular weight excluding hydrogens is 297 g/mol. The van der Waals surface area contributed by atoms with Crippen LogP contribution in [0.25, 0.3) is 0 Å². The van der Waals surface area contributed by atoms with Gasteiger partial charge in [-0.1, -0.05) is 12.1 Å². The van der Waals surface area contributed by atoms with Gasteiger partial charge in [-0.3, -0.25) is 0 Å². The molecule has 0 heterocycles. The van der Waals surface area contributed by atoms with Crippen molar-refractivity contribution in [3.63, 3.8) is 0 Å². The average molecular weight is 304 g/mol. The Labute approximate surface area is 107 Å². The minimum atomic E-state index is -6.22. The van der Waals surface area contributed by atoms with Crippen molar-refractivity contribution in [3.05, 3.63) is 34.9 Å². The number of aryl methyl sites for hydroxylation is 1. The number of hydrogen-bond donors (Lipinski definition) is 1. The molecule has 112 valence electrons. The molecule has 1 N–H and O–H groups in total. The van der Waals surface area contributed by atoms with Crippen molar-refractivity contribution in [2.45, 2.75) is 24.9 Å². The quantitative estimate of drug-likeness (QED) is 0.839. The van der Waals surface area contributed by atoms with Gasteiger partial charge in [-0.05, 0) is 18.6 Å². The van der Waals surface area contributed by atoms with Crippen molar-refractivity contribution in [2.24, 2.45) is 0 Å². The Morgan fingerprint density at radius 2 is 1.45 bits per heavy atom. The van der Waals surface area contributed by atoms with Crippen molar-refractivity contribution in [2.75, 3.05) is 0 Å². The molecule has 1 aromatic rings. The third-order valence-corrected chi connectivity index (χ3v) is 2.64. The van der Waals surface area contributed by atoms with Crippen LogP contribution in [0, 0.1) is 6.92 Å². The van der Waals surface area contributed by atoms with Crippen LogP contribution in [0.15, 0.2) is 18.2 Å². The number of alkyl halides is 7. The number of carbonyl (C=O) groups is 1. The largest absolute Gasteiger partial charge is 0.478 e. The summed E-state index contributed by atoms with van der Waals surface area (Å²) in [7, 11) is 0. The van der Waals surface area contributed by atoms with E-state index in [1.807, 2.05) is 0 Å². The van der Waals surface area contributed by atoms with Crippen LogP contribution in [-0.2, 0) is 5.67 Å². The molecule has 0 saturated heterocycles. The van der Waals surface area contributed by atoms with Crippen LogP contribution >= 0.6 is 0 Å². The van der Waals surface area contributed by atoms with E-state index in [0.717, 1.165) is 6.92 Å². The molecule has 0 aliphatic rings. The summed E-state index contributed by atoms with van der Waals surface area (Å²) in [6.07, 6.45) is -12.4. The first-order chi connectivity index (χ1) is 8.82. The first kappa shape index (κ1) is 16.3. The lowest BCUT2D eigenvalue weighted by atomic mass is 9.91. The second-order valence-electron chi connectivity index (χ2n) is 3.99. The molecular formula is C11H7F7O2.